The van der Waals surface area contributed by atoms with Gasteiger partial charge >= 0.3 is 15.4 Å². The molecule has 16 heavy (non-hydrogen) atoms. The highest BCUT2D eigenvalue weighted by molar-refractivity contribution is 7.60. The number of nitrogens with two attached hydrogens (primary N) is 1. The fourth-order valence-electron chi connectivity index (χ4n) is 0.884. The van der Waals surface area contributed by atoms with E-state index in [0.29, 0.717) is 0 Å². The number of phosphoric acid groups is 1. The van der Waals surface area contributed by atoms with Crippen molar-refractivity contribution < 1.29 is 33.2 Å². The van der Waals surface area contributed by atoms with Crippen LogP contribution >= 0.6 is 15.4 Å². The number of phosphoric ester groups is 1. The fraction of sp³-hybridized carbons (Fsp3) is 0. The normalized spacial score (nSPS) is 12.5. The van der Waals surface area contributed by atoms with Gasteiger partial charge in [0.2, 0.25) is 5.88 Å². The quantitative estimate of drug-likeness (QED) is 0.430. The number of hydrogen-bond donors (Lipinski definition) is 5. The summed E-state index contributed by atoms with van der Waals surface area (Å²) in [4.78, 5) is 38.0. The Morgan fingerprint density at radius 3 is 2.25 bits per heavy atom. The Balaban J connectivity index is 3.25. The van der Waals surface area contributed by atoms with Crippen LogP contribution in [0.1, 0.15) is 0 Å². The number of aromatic nitrogens is 1. The highest BCUT2D eigenvalue weighted by Crippen LogP contribution is 2.42. The number of pyridine rings is 1. The Morgan fingerprint density at radius 2 is 1.81 bits per heavy atom. The predicted molar refractivity (Wildman–Crippen MR) is 53.0 cm³/mol. The molecular weight excluding hydrogens is 262 g/mol. The molecule has 0 fully saturated rings. The van der Waals surface area contributed by atoms with Gasteiger partial charge in [0.1, 0.15) is 5.69 Å². The average Bonchev–Trinajstić information content (AvgIpc) is 2.04. The third-order valence-corrected chi connectivity index (χ3v) is 2.88. The van der Waals surface area contributed by atoms with Crippen LogP contribution in [0.2, 0.25) is 0 Å². The molecule has 6 N–H and O–H groups in total. The first-order valence-corrected chi connectivity index (χ1v) is 6.81. The van der Waals surface area contributed by atoms with E-state index in [0.717, 1.165) is 12.3 Å². The molecule has 0 spiro atoms. The lowest BCUT2D eigenvalue weighted by molar-refractivity contribution is 0.280. The van der Waals surface area contributed by atoms with E-state index in [2.05, 4.69) is 9.51 Å². The predicted octanol–water partition coefficient (Wildman–Crippen LogP) is -1.06. The number of nitrogens with zero attached hydrogens (tertiary/aromatic N) is 1. The van der Waals surface area contributed by atoms with E-state index in [1.54, 1.807) is 0 Å². The topological polar surface area (TPSA) is 163 Å². The standard InChI is InChI=1S/C5H8N2O7P2/c6-4-3(15(8,9)10)1-2-7-5(4)14-16(11,12)13/h1-2H,6H2,(H2,8,9,10)(H2,11,12,13). The van der Waals surface area contributed by atoms with Crippen molar-refractivity contribution in [2.45, 2.75) is 0 Å². The molecule has 0 atom stereocenters. The first-order valence-electron chi connectivity index (χ1n) is 3.67. The molecule has 0 bridgehead atoms. The fourth-order valence-corrected chi connectivity index (χ4v) is 1.92. The smallest absolute Gasteiger partial charge is 0.394 e. The van der Waals surface area contributed by atoms with E-state index in [9.17, 15) is 9.13 Å². The van der Waals surface area contributed by atoms with Gasteiger partial charge in [-0.25, -0.2) is 9.55 Å². The molecule has 1 heterocycles. The summed E-state index contributed by atoms with van der Waals surface area (Å²) in [6.45, 7) is 0. The van der Waals surface area contributed by atoms with E-state index < -0.39 is 32.3 Å². The lowest BCUT2D eigenvalue weighted by Gasteiger charge is -2.11. The zero-order valence-electron chi connectivity index (χ0n) is 7.59. The number of rotatable bonds is 3. The van der Waals surface area contributed by atoms with Crippen LogP contribution < -0.4 is 15.6 Å². The van der Waals surface area contributed by atoms with Crippen LogP contribution in [0.15, 0.2) is 12.3 Å². The molecule has 0 amide bonds. The van der Waals surface area contributed by atoms with Crippen molar-refractivity contribution in [3.8, 4) is 5.88 Å². The highest BCUT2D eigenvalue weighted by Gasteiger charge is 2.26. The maximum Gasteiger partial charge on any atom is 0.526 e. The summed E-state index contributed by atoms with van der Waals surface area (Å²) < 4.78 is 25.5. The number of anilines is 1. The lowest BCUT2D eigenvalue weighted by Crippen LogP contribution is -2.13. The van der Waals surface area contributed by atoms with Crippen LogP contribution in [0, 0.1) is 0 Å². The van der Waals surface area contributed by atoms with Gasteiger partial charge in [-0.05, 0) is 6.07 Å². The largest absolute Gasteiger partial charge is 0.526 e. The Bertz CT molecular complexity index is 492. The summed E-state index contributed by atoms with van der Waals surface area (Å²) in [7, 11) is -9.53. The molecule has 0 aliphatic rings. The summed E-state index contributed by atoms with van der Waals surface area (Å²) in [6, 6.07) is 0.933. The summed E-state index contributed by atoms with van der Waals surface area (Å²) >= 11 is 0. The van der Waals surface area contributed by atoms with E-state index in [4.69, 9.17) is 25.3 Å². The minimum atomic E-state index is -4.88. The van der Waals surface area contributed by atoms with Crippen LogP contribution in [0.4, 0.5) is 5.69 Å². The van der Waals surface area contributed by atoms with Crippen LogP contribution in [0.3, 0.4) is 0 Å². The van der Waals surface area contributed by atoms with Gasteiger partial charge in [-0.15, -0.1) is 0 Å². The second kappa shape index (κ2) is 4.14. The maximum atomic E-state index is 10.9. The second-order valence-corrected chi connectivity index (χ2v) is 5.41. The van der Waals surface area contributed by atoms with Crippen molar-refractivity contribution in [3.63, 3.8) is 0 Å². The minimum absolute atomic E-state index is 0.606. The zero-order valence-corrected chi connectivity index (χ0v) is 9.38. The first-order chi connectivity index (χ1) is 7.11. The molecule has 1 aromatic rings. The van der Waals surface area contributed by atoms with E-state index in [1.807, 2.05) is 0 Å². The number of nitrogen functional groups attached to an aromatic ring is 1. The van der Waals surface area contributed by atoms with Crippen molar-refractivity contribution in [2.75, 3.05) is 5.73 Å². The third-order valence-electron chi connectivity index (χ3n) is 1.45. The molecule has 90 valence electrons. The Labute approximate surface area is 89.3 Å². The van der Waals surface area contributed by atoms with Gasteiger partial charge in [0.15, 0.2) is 0 Å². The number of hydrogen-bond acceptors (Lipinski definition) is 5. The van der Waals surface area contributed by atoms with Crippen molar-refractivity contribution in [3.05, 3.63) is 12.3 Å². The molecular formula is C5H8N2O7P2. The maximum absolute atomic E-state index is 10.9. The summed E-state index contributed by atoms with van der Waals surface area (Å²) in [5, 5.41) is -0.606. The summed E-state index contributed by atoms with van der Waals surface area (Å²) in [5.41, 5.74) is 4.64. The van der Waals surface area contributed by atoms with E-state index in [1.165, 1.54) is 0 Å². The van der Waals surface area contributed by atoms with E-state index in [-0.39, 0.29) is 0 Å². The monoisotopic (exact) mass is 270 g/mol. The van der Waals surface area contributed by atoms with Crippen molar-refractivity contribution in [2.24, 2.45) is 0 Å². The lowest BCUT2D eigenvalue weighted by atomic mass is 10.4. The average molecular weight is 270 g/mol. The Kier molecular flexibility index (Phi) is 3.39. The van der Waals surface area contributed by atoms with Gasteiger partial charge in [0.25, 0.3) is 0 Å². The molecule has 0 radical (unpaired) electrons. The molecule has 0 aliphatic heterocycles. The summed E-state index contributed by atoms with van der Waals surface area (Å²) in [6.07, 6.45) is 0.912. The van der Waals surface area contributed by atoms with Crippen molar-refractivity contribution in [1.29, 1.82) is 0 Å². The molecule has 0 saturated carbocycles. The first kappa shape index (κ1) is 13.1. The van der Waals surface area contributed by atoms with Crippen LogP contribution in [0.25, 0.3) is 0 Å². The van der Waals surface area contributed by atoms with Crippen molar-refractivity contribution in [1.82, 2.24) is 4.98 Å². The third kappa shape index (κ3) is 3.28. The molecule has 0 saturated heterocycles. The molecule has 0 aromatic carbocycles. The molecule has 11 heteroatoms. The minimum Gasteiger partial charge on any atom is -0.394 e. The van der Waals surface area contributed by atoms with Crippen LogP contribution in [-0.4, -0.2) is 24.6 Å². The van der Waals surface area contributed by atoms with Gasteiger partial charge in [-0.1, -0.05) is 0 Å². The molecule has 9 nitrogen and oxygen atoms in total. The van der Waals surface area contributed by atoms with Crippen LogP contribution in [0.5, 0.6) is 5.88 Å². The van der Waals surface area contributed by atoms with Gasteiger partial charge in [-0.3, -0.25) is 14.4 Å². The Morgan fingerprint density at radius 1 is 1.25 bits per heavy atom. The molecule has 1 rings (SSSR count). The van der Waals surface area contributed by atoms with Crippen LogP contribution in [-0.2, 0) is 9.13 Å². The molecule has 0 unspecified atom stereocenters. The second-order valence-electron chi connectivity index (χ2n) is 2.67. The van der Waals surface area contributed by atoms with E-state index >= 15 is 0 Å². The zero-order chi connectivity index (χ0) is 12.6. The molecule has 0 aliphatic carbocycles. The summed E-state index contributed by atoms with van der Waals surface area (Å²) in [5.74, 6) is -0.728. The van der Waals surface area contributed by atoms with Crippen molar-refractivity contribution >= 4 is 26.4 Å². The van der Waals surface area contributed by atoms with Gasteiger partial charge in [0.05, 0.1) is 5.30 Å². The molecule has 1 aromatic heterocycles. The highest BCUT2D eigenvalue weighted by atomic mass is 31.2. The van der Waals surface area contributed by atoms with Gasteiger partial charge in [-0.2, -0.15) is 0 Å². The SMILES string of the molecule is Nc1c(P(=O)(O)O)ccnc1OP(=O)(O)O. The van der Waals surface area contributed by atoms with Gasteiger partial charge < -0.3 is 20.0 Å². The van der Waals surface area contributed by atoms with Gasteiger partial charge in [0, 0.05) is 6.20 Å². The Hall–Kier alpha value is -0.950.